The fourth-order valence-corrected chi connectivity index (χ4v) is 4.32. The van der Waals surface area contributed by atoms with Gasteiger partial charge in [-0.3, -0.25) is 9.59 Å². The third kappa shape index (κ3) is 4.23. The van der Waals surface area contributed by atoms with Gasteiger partial charge in [-0.05, 0) is 25.1 Å². The van der Waals surface area contributed by atoms with Crippen LogP contribution in [0.1, 0.15) is 17.3 Å². The van der Waals surface area contributed by atoms with E-state index < -0.39 is 5.82 Å². The molecular weight excluding hydrogens is 409 g/mol. The number of anilines is 1. The highest BCUT2D eigenvalue weighted by Crippen LogP contribution is 2.31. The van der Waals surface area contributed by atoms with E-state index in [1.807, 2.05) is 35.8 Å². The number of benzene rings is 2. The summed E-state index contributed by atoms with van der Waals surface area (Å²) in [7, 11) is 0. The molecule has 0 unspecified atom stereocenters. The minimum absolute atomic E-state index is 0.0400. The molecule has 4 rings (SSSR count). The molecule has 0 aliphatic rings. The number of carbonyl (C=O) groups excluding carboxylic acids is 2. The second-order valence-corrected chi connectivity index (χ2v) is 8.20. The number of nitrogens with zero attached hydrogens (tertiary/aromatic N) is 1. The zero-order valence-corrected chi connectivity index (χ0v) is 17.0. The first-order valence-electron chi connectivity index (χ1n) is 8.76. The van der Waals surface area contributed by atoms with Gasteiger partial charge < -0.3 is 10.3 Å². The molecule has 0 saturated carbocycles. The highest BCUT2D eigenvalue weighted by molar-refractivity contribution is 8.00. The predicted octanol–water partition coefficient (Wildman–Crippen LogP) is 5.36. The van der Waals surface area contributed by atoms with Crippen LogP contribution in [-0.4, -0.2) is 27.4 Å². The largest absolute Gasteiger partial charge is 0.360 e. The summed E-state index contributed by atoms with van der Waals surface area (Å²) in [4.78, 5) is 31.5. The summed E-state index contributed by atoms with van der Waals surface area (Å²) in [6.45, 7) is 1.38. The van der Waals surface area contributed by atoms with Gasteiger partial charge in [-0.15, -0.1) is 23.1 Å². The molecule has 0 radical (unpaired) electrons. The van der Waals surface area contributed by atoms with Gasteiger partial charge in [0.25, 0.3) is 0 Å². The van der Waals surface area contributed by atoms with Crippen LogP contribution >= 0.6 is 23.1 Å². The molecule has 0 fully saturated rings. The number of H-pyrrole nitrogens is 1. The standard InChI is InChI=1S/C21H16FN3O2S2/c1-12(26)13-6-7-19(16(22)8-13)28-11-20(27)25-21-24-18(10-29-21)15-9-23-17-5-3-2-4-14(15)17/h2-10,23H,11H2,1H3,(H,24,25,27). The Hall–Kier alpha value is -2.97. The molecule has 2 N–H and O–H groups in total. The number of ketones is 1. The number of nitrogens with one attached hydrogen (secondary N) is 2. The van der Waals surface area contributed by atoms with Crippen molar-refractivity contribution in [3.05, 3.63) is 65.4 Å². The van der Waals surface area contributed by atoms with E-state index in [1.165, 1.54) is 30.4 Å². The number of Topliss-reactive ketones (excluding diaryl/α,β-unsaturated/α-hetero) is 1. The number of thioether (sulfide) groups is 1. The smallest absolute Gasteiger partial charge is 0.236 e. The van der Waals surface area contributed by atoms with Crippen molar-refractivity contribution in [3.63, 3.8) is 0 Å². The molecule has 2 heterocycles. The van der Waals surface area contributed by atoms with Crippen molar-refractivity contribution >= 4 is 50.8 Å². The number of halogens is 1. The molecule has 0 aliphatic carbocycles. The van der Waals surface area contributed by atoms with E-state index >= 15 is 0 Å². The molecule has 0 bridgehead atoms. The Morgan fingerprint density at radius 3 is 2.86 bits per heavy atom. The summed E-state index contributed by atoms with van der Waals surface area (Å²) in [5, 5.41) is 6.19. The van der Waals surface area contributed by atoms with Crippen LogP contribution in [0, 0.1) is 5.82 Å². The Morgan fingerprint density at radius 2 is 2.07 bits per heavy atom. The van der Waals surface area contributed by atoms with E-state index in [0.717, 1.165) is 33.9 Å². The van der Waals surface area contributed by atoms with Crippen LogP contribution in [0.25, 0.3) is 22.2 Å². The van der Waals surface area contributed by atoms with E-state index in [9.17, 15) is 14.0 Å². The second-order valence-electron chi connectivity index (χ2n) is 6.32. The van der Waals surface area contributed by atoms with Crippen LogP contribution in [0.4, 0.5) is 9.52 Å². The van der Waals surface area contributed by atoms with E-state index in [2.05, 4.69) is 15.3 Å². The van der Waals surface area contributed by atoms with Gasteiger partial charge >= 0.3 is 0 Å². The molecule has 29 heavy (non-hydrogen) atoms. The van der Waals surface area contributed by atoms with E-state index in [1.54, 1.807) is 6.07 Å². The number of para-hydroxylation sites is 1. The molecule has 2 aromatic carbocycles. The van der Waals surface area contributed by atoms with Crippen LogP contribution in [0.15, 0.2) is 58.9 Å². The number of carbonyl (C=O) groups is 2. The van der Waals surface area contributed by atoms with E-state index in [4.69, 9.17) is 0 Å². The average molecular weight is 426 g/mol. The number of fused-ring (bicyclic) bond motifs is 1. The molecule has 4 aromatic rings. The summed E-state index contributed by atoms with van der Waals surface area (Å²) in [5.41, 5.74) is 3.08. The third-order valence-corrected chi connectivity index (χ3v) is 6.12. The summed E-state index contributed by atoms with van der Waals surface area (Å²) >= 11 is 2.41. The van der Waals surface area contributed by atoms with Gasteiger partial charge in [0.2, 0.25) is 5.91 Å². The topological polar surface area (TPSA) is 74.8 Å². The number of rotatable bonds is 6. The molecule has 5 nitrogen and oxygen atoms in total. The van der Waals surface area contributed by atoms with Gasteiger partial charge in [-0.1, -0.05) is 24.3 Å². The average Bonchev–Trinajstić information content (AvgIpc) is 3.33. The molecule has 0 aliphatic heterocycles. The van der Waals surface area contributed by atoms with Crippen molar-refractivity contribution in [1.29, 1.82) is 0 Å². The maximum absolute atomic E-state index is 14.1. The van der Waals surface area contributed by atoms with Crippen LogP contribution in [-0.2, 0) is 4.79 Å². The highest BCUT2D eigenvalue weighted by Gasteiger charge is 2.13. The van der Waals surface area contributed by atoms with E-state index in [0.29, 0.717) is 15.6 Å². The quantitative estimate of drug-likeness (QED) is 0.322. The zero-order valence-electron chi connectivity index (χ0n) is 15.4. The SMILES string of the molecule is CC(=O)c1ccc(SCC(=O)Nc2nc(-c3c[nH]c4ccccc34)cs2)c(F)c1. The van der Waals surface area contributed by atoms with Crippen LogP contribution in [0.5, 0.6) is 0 Å². The Labute approximate surface area is 174 Å². The molecule has 8 heteroatoms. The molecule has 146 valence electrons. The van der Waals surface area contributed by atoms with Crippen molar-refractivity contribution in [2.24, 2.45) is 0 Å². The fraction of sp³-hybridized carbons (Fsp3) is 0.0952. The number of aromatic amines is 1. The lowest BCUT2D eigenvalue weighted by molar-refractivity contribution is -0.113. The van der Waals surface area contributed by atoms with Gasteiger partial charge in [0.05, 0.1) is 11.4 Å². The maximum Gasteiger partial charge on any atom is 0.236 e. The Morgan fingerprint density at radius 1 is 1.24 bits per heavy atom. The summed E-state index contributed by atoms with van der Waals surface area (Å²) in [5.74, 6) is -0.942. The first-order chi connectivity index (χ1) is 14.0. The monoisotopic (exact) mass is 425 g/mol. The fourth-order valence-electron chi connectivity index (χ4n) is 2.87. The van der Waals surface area contributed by atoms with Crippen LogP contribution in [0.3, 0.4) is 0 Å². The highest BCUT2D eigenvalue weighted by atomic mass is 32.2. The lowest BCUT2D eigenvalue weighted by Crippen LogP contribution is -2.14. The predicted molar refractivity (Wildman–Crippen MR) is 115 cm³/mol. The van der Waals surface area contributed by atoms with Crippen LogP contribution < -0.4 is 5.32 Å². The lowest BCUT2D eigenvalue weighted by atomic mass is 10.1. The molecule has 0 spiro atoms. The molecule has 1 amide bonds. The first-order valence-corrected chi connectivity index (χ1v) is 10.6. The molecule has 0 saturated heterocycles. The zero-order chi connectivity index (χ0) is 20.4. The maximum atomic E-state index is 14.1. The number of aromatic nitrogens is 2. The number of hydrogen-bond donors (Lipinski definition) is 2. The van der Waals surface area contributed by atoms with Gasteiger partial charge in [0.15, 0.2) is 10.9 Å². The van der Waals surface area contributed by atoms with Crippen molar-refractivity contribution in [3.8, 4) is 11.3 Å². The summed E-state index contributed by atoms with van der Waals surface area (Å²) in [6, 6.07) is 12.2. The van der Waals surface area contributed by atoms with Gasteiger partial charge in [-0.2, -0.15) is 0 Å². The Bertz CT molecular complexity index is 1220. The minimum atomic E-state index is -0.508. The number of amides is 1. The minimum Gasteiger partial charge on any atom is -0.360 e. The Balaban J connectivity index is 1.40. The van der Waals surface area contributed by atoms with Crippen molar-refractivity contribution in [1.82, 2.24) is 9.97 Å². The normalized spacial score (nSPS) is 11.0. The van der Waals surface area contributed by atoms with Gasteiger partial charge in [0, 0.05) is 38.5 Å². The first kappa shape index (κ1) is 19.4. The lowest BCUT2D eigenvalue weighted by Gasteiger charge is -2.05. The van der Waals surface area contributed by atoms with Crippen molar-refractivity contribution < 1.29 is 14.0 Å². The molecule has 0 atom stereocenters. The van der Waals surface area contributed by atoms with E-state index in [-0.39, 0.29) is 17.4 Å². The van der Waals surface area contributed by atoms with Gasteiger partial charge in [0.1, 0.15) is 5.82 Å². The summed E-state index contributed by atoms with van der Waals surface area (Å²) < 4.78 is 14.1. The molecular formula is C21H16FN3O2S2. The third-order valence-electron chi connectivity index (χ3n) is 4.31. The van der Waals surface area contributed by atoms with Crippen molar-refractivity contribution in [2.75, 3.05) is 11.1 Å². The second kappa shape index (κ2) is 8.18. The number of thiazole rings is 1. The van der Waals surface area contributed by atoms with Gasteiger partial charge in [-0.25, -0.2) is 9.37 Å². The summed E-state index contributed by atoms with van der Waals surface area (Å²) in [6.07, 6.45) is 1.90. The number of hydrogen-bond acceptors (Lipinski definition) is 5. The van der Waals surface area contributed by atoms with Crippen LogP contribution in [0.2, 0.25) is 0 Å². The molecule has 2 aromatic heterocycles. The van der Waals surface area contributed by atoms with Crippen molar-refractivity contribution in [2.45, 2.75) is 11.8 Å². The Kier molecular flexibility index (Phi) is 5.46.